The number of nitrogens with zero attached hydrogens (tertiary/aromatic N) is 3. The van der Waals surface area contributed by atoms with E-state index in [4.69, 9.17) is 0 Å². The van der Waals surface area contributed by atoms with Crippen LogP contribution in [0.25, 0.3) is 11.4 Å². The molecule has 0 aliphatic carbocycles. The standard InChI is InChI=1S/C14H19N5O2/c1-15-9-5-7-19(8-6-9)14-16-13(17-18-14)12-10(20)3-2-4-11(12)21/h2-4,9,15,20-21H,5-8H2,1H3,(H,16,17,18). The lowest BCUT2D eigenvalue weighted by molar-refractivity contribution is 0.439. The molecule has 0 unspecified atom stereocenters. The summed E-state index contributed by atoms with van der Waals surface area (Å²) >= 11 is 0. The minimum absolute atomic E-state index is 0.0217. The van der Waals surface area contributed by atoms with Crippen LogP contribution >= 0.6 is 0 Å². The topological polar surface area (TPSA) is 97.3 Å². The van der Waals surface area contributed by atoms with Crippen LogP contribution in [0.4, 0.5) is 5.95 Å². The molecular formula is C14H19N5O2. The van der Waals surface area contributed by atoms with E-state index in [1.54, 1.807) is 6.07 Å². The summed E-state index contributed by atoms with van der Waals surface area (Å²) in [6, 6.07) is 5.14. The molecule has 1 saturated heterocycles. The average molecular weight is 289 g/mol. The second kappa shape index (κ2) is 5.61. The van der Waals surface area contributed by atoms with E-state index in [0.29, 0.717) is 17.8 Å². The quantitative estimate of drug-likeness (QED) is 0.675. The molecule has 1 aliphatic rings. The number of H-pyrrole nitrogens is 1. The van der Waals surface area contributed by atoms with Gasteiger partial charge in [0.25, 0.3) is 0 Å². The highest BCUT2D eigenvalue weighted by molar-refractivity contribution is 5.71. The predicted octanol–water partition coefficient (Wildman–Crippen LogP) is 1.07. The molecule has 2 heterocycles. The number of piperidine rings is 1. The zero-order valence-corrected chi connectivity index (χ0v) is 11.9. The van der Waals surface area contributed by atoms with Crippen LogP contribution in [0.5, 0.6) is 11.5 Å². The van der Waals surface area contributed by atoms with E-state index in [9.17, 15) is 10.2 Å². The molecule has 1 aromatic carbocycles. The summed E-state index contributed by atoms with van der Waals surface area (Å²) in [5.41, 5.74) is 0.279. The van der Waals surface area contributed by atoms with Crippen LogP contribution in [0.3, 0.4) is 0 Å². The van der Waals surface area contributed by atoms with Crippen molar-refractivity contribution in [2.24, 2.45) is 0 Å². The molecule has 1 aromatic heterocycles. The Kier molecular flexibility index (Phi) is 3.66. The number of benzene rings is 1. The van der Waals surface area contributed by atoms with E-state index in [1.165, 1.54) is 12.1 Å². The Morgan fingerprint density at radius 3 is 2.52 bits per heavy atom. The largest absolute Gasteiger partial charge is 0.507 e. The van der Waals surface area contributed by atoms with Gasteiger partial charge in [0.05, 0.1) is 0 Å². The van der Waals surface area contributed by atoms with Crippen molar-refractivity contribution in [1.82, 2.24) is 20.5 Å². The Hall–Kier alpha value is -2.28. The third-order valence-electron chi connectivity index (χ3n) is 3.92. The van der Waals surface area contributed by atoms with Gasteiger partial charge in [-0.1, -0.05) is 6.07 Å². The van der Waals surface area contributed by atoms with Crippen LogP contribution in [0.15, 0.2) is 18.2 Å². The number of anilines is 1. The van der Waals surface area contributed by atoms with Crippen LogP contribution in [-0.4, -0.2) is 51.6 Å². The van der Waals surface area contributed by atoms with E-state index >= 15 is 0 Å². The number of aromatic hydroxyl groups is 2. The molecule has 112 valence electrons. The fraction of sp³-hybridized carbons (Fsp3) is 0.429. The van der Waals surface area contributed by atoms with Crippen molar-refractivity contribution in [3.63, 3.8) is 0 Å². The van der Waals surface area contributed by atoms with Crippen LogP contribution in [0, 0.1) is 0 Å². The Morgan fingerprint density at radius 2 is 1.90 bits per heavy atom. The summed E-state index contributed by atoms with van der Waals surface area (Å²) in [5, 5.41) is 30.0. The number of hydrogen-bond donors (Lipinski definition) is 4. The molecule has 3 rings (SSSR count). The monoisotopic (exact) mass is 289 g/mol. The fourth-order valence-electron chi connectivity index (χ4n) is 2.65. The first-order chi connectivity index (χ1) is 10.2. The smallest absolute Gasteiger partial charge is 0.245 e. The van der Waals surface area contributed by atoms with Crippen molar-refractivity contribution in [2.75, 3.05) is 25.0 Å². The first-order valence-electron chi connectivity index (χ1n) is 7.05. The minimum Gasteiger partial charge on any atom is -0.507 e. The van der Waals surface area contributed by atoms with Crippen LogP contribution in [-0.2, 0) is 0 Å². The Bertz CT molecular complexity index is 599. The molecule has 0 saturated carbocycles. The molecule has 21 heavy (non-hydrogen) atoms. The van der Waals surface area contributed by atoms with Gasteiger partial charge in [-0.3, -0.25) is 5.10 Å². The van der Waals surface area contributed by atoms with Crippen molar-refractivity contribution in [3.8, 4) is 22.9 Å². The Balaban J connectivity index is 1.81. The lowest BCUT2D eigenvalue weighted by Gasteiger charge is -2.30. The fourth-order valence-corrected chi connectivity index (χ4v) is 2.65. The van der Waals surface area contributed by atoms with Crippen molar-refractivity contribution in [3.05, 3.63) is 18.2 Å². The van der Waals surface area contributed by atoms with Gasteiger partial charge >= 0.3 is 0 Å². The third kappa shape index (κ3) is 2.64. The van der Waals surface area contributed by atoms with E-state index in [2.05, 4.69) is 25.4 Å². The van der Waals surface area contributed by atoms with E-state index in [1.807, 2.05) is 7.05 Å². The second-order valence-electron chi connectivity index (χ2n) is 5.21. The van der Waals surface area contributed by atoms with E-state index in [-0.39, 0.29) is 17.1 Å². The number of phenols is 2. The van der Waals surface area contributed by atoms with Gasteiger partial charge in [0.1, 0.15) is 17.1 Å². The normalized spacial score (nSPS) is 16.3. The third-order valence-corrected chi connectivity index (χ3v) is 3.92. The van der Waals surface area contributed by atoms with Crippen LogP contribution in [0.2, 0.25) is 0 Å². The van der Waals surface area contributed by atoms with E-state index < -0.39 is 0 Å². The summed E-state index contributed by atoms with van der Waals surface area (Å²) in [7, 11) is 1.98. The molecule has 2 aromatic rings. The number of phenolic OH excluding ortho intramolecular Hbond substituents is 2. The predicted molar refractivity (Wildman–Crippen MR) is 79.4 cm³/mol. The molecule has 1 fully saturated rings. The number of rotatable bonds is 3. The zero-order valence-electron chi connectivity index (χ0n) is 11.9. The maximum atomic E-state index is 9.86. The van der Waals surface area contributed by atoms with Crippen molar-refractivity contribution < 1.29 is 10.2 Å². The van der Waals surface area contributed by atoms with Gasteiger partial charge in [-0.25, -0.2) is 0 Å². The van der Waals surface area contributed by atoms with Crippen molar-refractivity contribution in [1.29, 1.82) is 0 Å². The minimum atomic E-state index is -0.0217. The number of aromatic amines is 1. The molecular weight excluding hydrogens is 270 g/mol. The van der Waals surface area contributed by atoms with E-state index in [0.717, 1.165) is 25.9 Å². The van der Waals surface area contributed by atoms with Crippen molar-refractivity contribution in [2.45, 2.75) is 18.9 Å². The first-order valence-corrected chi connectivity index (χ1v) is 7.05. The van der Waals surface area contributed by atoms with Gasteiger partial charge in [0, 0.05) is 19.1 Å². The average Bonchev–Trinajstić information content (AvgIpc) is 2.97. The van der Waals surface area contributed by atoms with Crippen LogP contribution < -0.4 is 10.2 Å². The SMILES string of the molecule is CNC1CCN(c2n[nH]c(-c3c(O)cccc3O)n2)CC1. The van der Waals surface area contributed by atoms with Gasteiger partial charge in [0.2, 0.25) is 5.95 Å². The lowest BCUT2D eigenvalue weighted by Crippen LogP contribution is -2.41. The molecule has 0 spiro atoms. The number of aromatic nitrogens is 3. The van der Waals surface area contributed by atoms with Crippen LogP contribution in [0.1, 0.15) is 12.8 Å². The Morgan fingerprint density at radius 1 is 1.24 bits per heavy atom. The zero-order chi connectivity index (χ0) is 14.8. The maximum absolute atomic E-state index is 9.86. The molecule has 1 aliphatic heterocycles. The summed E-state index contributed by atoms with van der Waals surface area (Å²) in [5.74, 6) is 0.928. The summed E-state index contributed by atoms with van der Waals surface area (Å²) < 4.78 is 0. The summed E-state index contributed by atoms with van der Waals surface area (Å²) in [6.45, 7) is 1.77. The second-order valence-corrected chi connectivity index (χ2v) is 5.21. The molecule has 0 atom stereocenters. The molecule has 7 heteroatoms. The molecule has 0 radical (unpaired) electrons. The maximum Gasteiger partial charge on any atom is 0.245 e. The van der Waals surface area contributed by atoms with Gasteiger partial charge in [-0.05, 0) is 32.0 Å². The van der Waals surface area contributed by atoms with Crippen molar-refractivity contribution >= 4 is 5.95 Å². The highest BCUT2D eigenvalue weighted by Crippen LogP contribution is 2.35. The van der Waals surface area contributed by atoms with Gasteiger partial charge in [0.15, 0.2) is 5.82 Å². The number of nitrogens with one attached hydrogen (secondary N) is 2. The first kappa shape index (κ1) is 13.7. The molecule has 0 amide bonds. The van der Waals surface area contributed by atoms with Gasteiger partial charge < -0.3 is 20.4 Å². The highest BCUT2D eigenvalue weighted by Gasteiger charge is 2.22. The molecule has 7 nitrogen and oxygen atoms in total. The van der Waals surface area contributed by atoms with Gasteiger partial charge in [-0.2, -0.15) is 4.98 Å². The lowest BCUT2D eigenvalue weighted by atomic mass is 10.1. The molecule has 4 N–H and O–H groups in total. The number of hydrogen-bond acceptors (Lipinski definition) is 6. The molecule has 0 bridgehead atoms. The summed E-state index contributed by atoms with van der Waals surface area (Å²) in [4.78, 5) is 6.50. The summed E-state index contributed by atoms with van der Waals surface area (Å²) in [6.07, 6.45) is 2.09. The highest BCUT2D eigenvalue weighted by atomic mass is 16.3. The van der Waals surface area contributed by atoms with Gasteiger partial charge in [-0.15, -0.1) is 5.10 Å². The Labute approximate surface area is 122 Å².